The first kappa shape index (κ1) is 21.8. The number of morpholine rings is 1. The second-order valence-corrected chi connectivity index (χ2v) is 9.96. The van der Waals surface area contributed by atoms with Crippen LogP contribution in [0.1, 0.15) is 0 Å². The highest BCUT2D eigenvalue weighted by molar-refractivity contribution is 8.00. The minimum atomic E-state index is -4.01. The Bertz CT molecular complexity index is 1210. The number of nitrogens with zero attached hydrogens (tertiary/aromatic N) is 1. The summed E-state index contributed by atoms with van der Waals surface area (Å²) in [5.74, 6) is -1.02. The number of benzene rings is 3. The molecule has 1 saturated heterocycles. The first-order valence-electron chi connectivity index (χ1n) is 9.72. The molecule has 1 fully saturated rings. The lowest BCUT2D eigenvalue weighted by Crippen LogP contribution is -2.40. The Balaban J connectivity index is 1.43. The van der Waals surface area contributed by atoms with Crippen LogP contribution in [0.25, 0.3) is 10.8 Å². The number of nitrogens with one attached hydrogen (secondary N) is 1. The fourth-order valence-electron chi connectivity index (χ4n) is 3.31. The number of carbonyl (C=O) groups excluding carboxylic acids is 1. The zero-order valence-electron chi connectivity index (χ0n) is 16.6. The summed E-state index contributed by atoms with van der Waals surface area (Å²) in [6, 6.07) is 17.5. The summed E-state index contributed by atoms with van der Waals surface area (Å²) in [6.45, 7) is 0.869. The number of carbonyl (C=O) groups is 1. The van der Waals surface area contributed by atoms with Crippen molar-refractivity contribution in [1.82, 2.24) is 4.31 Å². The van der Waals surface area contributed by atoms with E-state index in [4.69, 9.17) is 4.74 Å². The highest BCUT2D eigenvalue weighted by Gasteiger charge is 2.29. The molecular formula is C22H21FN2O4S2. The molecule has 1 aliphatic rings. The molecule has 3 aromatic carbocycles. The molecule has 0 atom stereocenters. The second kappa shape index (κ2) is 9.35. The Labute approximate surface area is 184 Å². The Morgan fingerprint density at radius 3 is 2.55 bits per heavy atom. The average Bonchev–Trinajstić information content (AvgIpc) is 2.79. The minimum Gasteiger partial charge on any atom is -0.379 e. The van der Waals surface area contributed by atoms with E-state index >= 15 is 0 Å². The highest BCUT2D eigenvalue weighted by Crippen LogP contribution is 2.26. The second-order valence-electron chi connectivity index (χ2n) is 7.01. The van der Waals surface area contributed by atoms with Gasteiger partial charge in [0.2, 0.25) is 15.9 Å². The highest BCUT2D eigenvalue weighted by atomic mass is 32.2. The van der Waals surface area contributed by atoms with Gasteiger partial charge < -0.3 is 10.1 Å². The quantitative estimate of drug-likeness (QED) is 0.568. The molecule has 1 heterocycles. The summed E-state index contributed by atoms with van der Waals surface area (Å²) < 4.78 is 46.2. The third-order valence-corrected chi connectivity index (χ3v) is 7.80. The summed E-state index contributed by atoms with van der Waals surface area (Å²) >= 11 is 1.37. The lowest BCUT2D eigenvalue weighted by atomic mass is 10.1. The summed E-state index contributed by atoms with van der Waals surface area (Å²) in [7, 11) is -4.01. The van der Waals surface area contributed by atoms with Gasteiger partial charge in [0.05, 0.1) is 19.0 Å². The van der Waals surface area contributed by atoms with Crippen molar-refractivity contribution in [2.45, 2.75) is 9.79 Å². The van der Waals surface area contributed by atoms with Crippen molar-refractivity contribution in [1.29, 1.82) is 0 Å². The van der Waals surface area contributed by atoms with Gasteiger partial charge in [-0.25, -0.2) is 12.8 Å². The first-order chi connectivity index (χ1) is 14.9. The minimum absolute atomic E-state index is 0.140. The molecule has 1 N–H and O–H groups in total. The SMILES string of the molecule is O=C(CSc1ccc2ccccc2c1)Nc1ccc(F)c(S(=O)(=O)N2CCOCC2)c1. The van der Waals surface area contributed by atoms with Crippen molar-refractivity contribution in [3.8, 4) is 0 Å². The molecule has 3 aromatic rings. The van der Waals surface area contributed by atoms with Gasteiger partial charge in [-0.2, -0.15) is 4.31 Å². The van der Waals surface area contributed by atoms with E-state index in [0.717, 1.165) is 21.7 Å². The zero-order valence-corrected chi connectivity index (χ0v) is 18.2. The number of sulfonamides is 1. The van der Waals surface area contributed by atoms with Crippen molar-refractivity contribution >= 4 is 44.2 Å². The van der Waals surface area contributed by atoms with Crippen LogP contribution in [-0.2, 0) is 19.6 Å². The van der Waals surface area contributed by atoms with E-state index in [1.54, 1.807) is 0 Å². The molecule has 31 heavy (non-hydrogen) atoms. The van der Waals surface area contributed by atoms with E-state index < -0.39 is 20.7 Å². The maximum atomic E-state index is 14.3. The van der Waals surface area contributed by atoms with Crippen molar-refractivity contribution < 1.29 is 22.3 Å². The van der Waals surface area contributed by atoms with Gasteiger partial charge in [0.25, 0.3) is 0 Å². The third-order valence-electron chi connectivity index (χ3n) is 4.89. The Kier molecular flexibility index (Phi) is 6.57. The normalized spacial score (nSPS) is 15.1. The van der Waals surface area contributed by atoms with Crippen LogP contribution in [-0.4, -0.2) is 50.7 Å². The Morgan fingerprint density at radius 1 is 1.03 bits per heavy atom. The standard InChI is InChI=1S/C22H21FN2O4S2/c23-20-8-6-18(14-21(20)31(27,28)25-9-11-29-12-10-25)24-22(26)15-30-19-7-5-16-3-1-2-4-17(16)13-19/h1-8,13-14H,9-12,15H2,(H,24,26). The summed E-state index contributed by atoms with van der Waals surface area (Å²) in [4.78, 5) is 12.9. The van der Waals surface area contributed by atoms with Gasteiger partial charge >= 0.3 is 0 Å². The topological polar surface area (TPSA) is 75.7 Å². The molecule has 9 heteroatoms. The number of amides is 1. The van der Waals surface area contributed by atoms with Gasteiger partial charge in [-0.1, -0.05) is 30.3 Å². The van der Waals surface area contributed by atoms with E-state index in [1.807, 2.05) is 42.5 Å². The van der Waals surface area contributed by atoms with E-state index in [1.165, 1.54) is 28.2 Å². The van der Waals surface area contributed by atoms with E-state index in [0.29, 0.717) is 0 Å². The third kappa shape index (κ3) is 5.07. The van der Waals surface area contributed by atoms with Crippen LogP contribution in [0, 0.1) is 5.82 Å². The molecule has 0 saturated carbocycles. The molecule has 0 aromatic heterocycles. The lowest BCUT2D eigenvalue weighted by molar-refractivity contribution is -0.113. The van der Waals surface area contributed by atoms with Crippen LogP contribution in [0.15, 0.2) is 70.5 Å². The van der Waals surface area contributed by atoms with Crippen molar-refractivity contribution in [3.63, 3.8) is 0 Å². The molecule has 0 bridgehead atoms. The Morgan fingerprint density at radius 2 is 1.77 bits per heavy atom. The number of ether oxygens (including phenoxy) is 1. The van der Waals surface area contributed by atoms with E-state index in [9.17, 15) is 17.6 Å². The predicted octanol–water partition coefficient (Wildman–Crippen LogP) is 3.73. The molecular weight excluding hydrogens is 439 g/mol. The van der Waals surface area contributed by atoms with Crippen molar-refractivity contribution in [2.75, 3.05) is 37.4 Å². The number of hydrogen-bond acceptors (Lipinski definition) is 5. The van der Waals surface area contributed by atoms with Gasteiger partial charge in [0, 0.05) is 23.7 Å². The molecule has 0 radical (unpaired) electrons. The van der Waals surface area contributed by atoms with Gasteiger partial charge in [-0.3, -0.25) is 4.79 Å². The fourth-order valence-corrected chi connectivity index (χ4v) is 5.55. The van der Waals surface area contributed by atoms with Crippen LogP contribution < -0.4 is 5.32 Å². The molecule has 0 aliphatic carbocycles. The average molecular weight is 461 g/mol. The van der Waals surface area contributed by atoms with Gasteiger partial charge in [-0.05, 0) is 41.1 Å². The molecule has 0 unspecified atom stereocenters. The van der Waals surface area contributed by atoms with Crippen molar-refractivity contribution in [3.05, 3.63) is 66.5 Å². The van der Waals surface area contributed by atoms with Gasteiger partial charge in [0.1, 0.15) is 10.7 Å². The van der Waals surface area contributed by atoms with Crippen LogP contribution in [0.2, 0.25) is 0 Å². The number of fused-ring (bicyclic) bond motifs is 1. The number of anilines is 1. The van der Waals surface area contributed by atoms with E-state index in [-0.39, 0.29) is 43.7 Å². The monoisotopic (exact) mass is 460 g/mol. The van der Waals surface area contributed by atoms with Crippen LogP contribution in [0.3, 0.4) is 0 Å². The van der Waals surface area contributed by atoms with Crippen LogP contribution in [0.5, 0.6) is 0 Å². The molecule has 6 nitrogen and oxygen atoms in total. The summed E-state index contributed by atoms with van der Waals surface area (Å²) in [5, 5.41) is 4.87. The maximum Gasteiger partial charge on any atom is 0.246 e. The van der Waals surface area contributed by atoms with Gasteiger partial charge in [0.15, 0.2) is 0 Å². The zero-order chi connectivity index (χ0) is 21.8. The molecule has 1 aliphatic heterocycles. The summed E-state index contributed by atoms with van der Waals surface area (Å²) in [6.07, 6.45) is 0. The van der Waals surface area contributed by atoms with Crippen molar-refractivity contribution in [2.24, 2.45) is 0 Å². The molecule has 4 rings (SSSR count). The first-order valence-corrected chi connectivity index (χ1v) is 12.1. The van der Waals surface area contributed by atoms with E-state index in [2.05, 4.69) is 5.32 Å². The number of halogens is 1. The fraction of sp³-hybridized carbons (Fsp3) is 0.227. The predicted molar refractivity (Wildman–Crippen MR) is 119 cm³/mol. The number of thioether (sulfide) groups is 1. The number of rotatable bonds is 6. The van der Waals surface area contributed by atoms with Crippen LogP contribution >= 0.6 is 11.8 Å². The lowest BCUT2D eigenvalue weighted by Gasteiger charge is -2.26. The molecule has 0 spiro atoms. The molecule has 162 valence electrons. The Hall–Kier alpha value is -2.46. The number of hydrogen-bond donors (Lipinski definition) is 1. The maximum absolute atomic E-state index is 14.3. The van der Waals surface area contributed by atoms with Gasteiger partial charge in [-0.15, -0.1) is 11.8 Å². The molecule has 1 amide bonds. The smallest absolute Gasteiger partial charge is 0.246 e. The summed E-state index contributed by atoms with van der Waals surface area (Å²) in [5.41, 5.74) is 0.234. The van der Waals surface area contributed by atoms with Crippen LogP contribution in [0.4, 0.5) is 10.1 Å². The largest absolute Gasteiger partial charge is 0.379 e.